The van der Waals surface area contributed by atoms with Crippen molar-refractivity contribution in [3.8, 4) is 11.3 Å². The number of hydrogen-bond acceptors (Lipinski definition) is 6. The van der Waals surface area contributed by atoms with Crippen LogP contribution in [0.3, 0.4) is 0 Å². The molecule has 1 fully saturated rings. The van der Waals surface area contributed by atoms with Crippen LogP contribution in [0.2, 0.25) is 0 Å². The molecule has 184 valence electrons. The zero-order valence-corrected chi connectivity index (χ0v) is 19.1. The monoisotopic (exact) mass is 484 g/mol. The van der Waals surface area contributed by atoms with Gasteiger partial charge in [-0.2, -0.15) is 8.78 Å². The summed E-state index contributed by atoms with van der Waals surface area (Å²) in [6.45, 7) is 0.221. The third-order valence-corrected chi connectivity index (χ3v) is 6.30. The summed E-state index contributed by atoms with van der Waals surface area (Å²) in [5, 5.41) is 21.7. The summed E-state index contributed by atoms with van der Waals surface area (Å²) in [5.41, 5.74) is 6.13. The maximum Gasteiger partial charge on any atom is 0.352 e. The third-order valence-electron chi connectivity index (χ3n) is 6.30. The number of anilines is 1. The number of carbonyl (C=O) groups excluding carboxylic acids is 2. The quantitative estimate of drug-likeness (QED) is 0.472. The highest BCUT2D eigenvalue weighted by molar-refractivity contribution is 5.94. The van der Waals surface area contributed by atoms with Gasteiger partial charge in [0.25, 0.3) is 11.8 Å². The van der Waals surface area contributed by atoms with Gasteiger partial charge in [0.15, 0.2) is 0 Å². The number of nitrogens with two attached hydrogens (primary N) is 1. The summed E-state index contributed by atoms with van der Waals surface area (Å²) >= 11 is 0. The number of carbonyl (C=O) groups is 2. The molecule has 4 N–H and O–H groups in total. The first kappa shape index (κ1) is 24.3. The second-order valence-corrected chi connectivity index (χ2v) is 8.59. The number of benzene rings is 2. The van der Waals surface area contributed by atoms with Gasteiger partial charge in [-0.25, -0.2) is 4.68 Å². The molecule has 35 heavy (non-hydrogen) atoms. The van der Waals surface area contributed by atoms with Crippen LogP contribution in [-0.4, -0.2) is 68.5 Å². The minimum absolute atomic E-state index is 0.115. The Morgan fingerprint density at radius 1 is 1.17 bits per heavy atom. The molecule has 0 spiro atoms. The van der Waals surface area contributed by atoms with Crippen molar-refractivity contribution in [1.29, 1.82) is 0 Å². The molecule has 11 heteroatoms. The van der Waals surface area contributed by atoms with E-state index in [9.17, 15) is 23.5 Å². The zero-order chi connectivity index (χ0) is 25.2. The molecule has 9 nitrogen and oxygen atoms in total. The molecular formula is C24H26F2N6O3. The van der Waals surface area contributed by atoms with Crippen molar-refractivity contribution < 1.29 is 23.5 Å². The number of amides is 2. The molecule has 2 heterocycles. The first-order valence-electron chi connectivity index (χ1n) is 11.1. The van der Waals surface area contributed by atoms with Crippen LogP contribution in [0, 0.1) is 0 Å². The van der Waals surface area contributed by atoms with Crippen molar-refractivity contribution in [3.05, 3.63) is 65.9 Å². The number of aliphatic hydroxyl groups is 1. The number of nitrogens with one attached hydrogen (secondary N) is 1. The number of alkyl halides is 2. The van der Waals surface area contributed by atoms with Gasteiger partial charge in [0.2, 0.25) is 0 Å². The summed E-state index contributed by atoms with van der Waals surface area (Å²) in [5.74, 6) is -6.27. The Morgan fingerprint density at radius 3 is 2.49 bits per heavy atom. The third kappa shape index (κ3) is 4.85. The Kier molecular flexibility index (Phi) is 6.53. The molecule has 3 aromatic rings. The summed E-state index contributed by atoms with van der Waals surface area (Å²) in [6.07, 6.45) is 0.946. The highest BCUT2D eigenvalue weighted by Gasteiger charge is 2.58. The van der Waals surface area contributed by atoms with Crippen molar-refractivity contribution in [2.24, 2.45) is 5.73 Å². The Balaban J connectivity index is 1.38. The lowest BCUT2D eigenvalue weighted by Crippen LogP contribution is -2.60. The molecule has 0 saturated carbocycles. The van der Waals surface area contributed by atoms with Crippen molar-refractivity contribution in [1.82, 2.24) is 19.9 Å². The first-order valence-corrected chi connectivity index (χ1v) is 11.1. The van der Waals surface area contributed by atoms with Gasteiger partial charge < -0.3 is 21.1 Å². The Morgan fingerprint density at radius 2 is 1.86 bits per heavy atom. The zero-order valence-electron chi connectivity index (χ0n) is 19.1. The Hall–Kier alpha value is -3.86. The molecular weight excluding hydrogens is 458 g/mol. The van der Waals surface area contributed by atoms with Crippen LogP contribution in [0.15, 0.2) is 54.7 Å². The second kappa shape index (κ2) is 9.41. The molecule has 1 saturated heterocycles. The van der Waals surface area contributed by atoms with Gasteiger partial charge in [-0.15, -0.1) is 5.10 Å². The predicted molar refractivity (Wildman–Crippen MR) is 125 cm³/mol. The highest BCUT2D eigenvalue weighted by atomic mass is 19.3. The molecule has 1 aliphatic heterocycles. The first-order chi connectivity index (χ1) is 16.6. The van der Waals surface area contributed by atoms with Gasteiger partial charge in [0.1, 0.15) is 11.3 Å². The smallest absolute Gasteiger partial charge is 0.352 e. The number of primary amides is 1. The van der Waals surface area contributed by atoms with E-state index in [-0.39, 0.29) is 19.0 Å². The maximum atomic E-state index is 14.0. The highest BCUT2D eigenvalue weighted by Crippen LogP contribution is 2.37. The topological polar surface area (TPSA) is 126 Å². The minimum Gasteiger partial charge on any atom is -0.388 e. The fraction of sp³-hybridized carbons (Fsp3) is 0.333. The minimum atomic E-state index is -4.05. The second-order valence-electron chi connectivity index (χ2n) is 8.59. The summed E-state index contributed by atoms with van der Waals surface area (Å²) < 4.78 is 29.7. The van der Waals surface area contributed by atoms with Gasteiger partial charge in [-0.05, 0) is 29.8 Å². The van der Waals surface area contributed by atoms with E-state index in [2.05, 4.69) is 15.6 Å². The maximum absolute atomic E-state index is 14.0. The number of piperidine rings is 1. The van der Waals surface area contributed by atoms with Crippen molar-refractivity contribution >= 4 is 17.5 Å². The van der Waals surface area contributed by atoms with Crippen LogP contribution in [0.25, 0.3) is 11.3 Å². The molecule has 2 aromatic carbocycles. The Bertz CT molecular complexity index is 1220. The van der Waals surface area contributed by atoms with E-state index >= 15 is 0 Å². The normalized spacial score (nSPS) is 15.6. The average Bonchev–Trinajstić information content (AvgIpc) is 3.33. The van der Waals surface area contributed by atoms with Gasteiger partial charge in [0.05, 0.1) is 12.7 Å². The van der Waals surface area contributed by atoms with Crippen LogP contribution in [-0.2, 0) is 11.3 Å². The van der Waals surface area contributed by atoms with E-state index in [4.69, 9.17) is 5.73 Å². The number of nitrogens with zero attached hydrogens (tertiary/aromatic N) is 4. The fourth-order valence-corrected chi connectivity index (χ4v) is 4.09. The van der Waals surface area contributed by atoms with Crippen molar-refractivity contribution in [2.45, 2.75) is 30.9 Å². The van der Waals surface area contributed by atoms with Crippen LogP contribution in [0.1, 0.15) is 28.8 Å². The summed E-state index contributed by atoms with van der Waals surface area (Å²) in [4.78, 5) is 25.2. The summed E-state index contributed by atoms with van der Waals surface area (Å²) in [6, 6.07) is 14.7. The van der Waals surface area contributed by atoms with Gasteiger partial charge >= 0.3 is 5.92 Å². The molecule has 0 bridgehead atoms. The van der Waals surface area contributed by atoms with E-state index in [1.807, 2.05) is 37.5 Å². The summed E-state index contributed by atoms with van der Waals surface area (Å²) in [7, 11) is 1.85. The molecule has 4 rings (SSSR count). The molecule has 1 aliphatic rings. The lowest BCUT2D eigenvalue weighted by Gasteiger charge is -2.41. The number of hydrogen-bond donors (Lipinski definition) is 3. The molecule has 2 amide bonds. The largest absolute Gasteiger partial charge is 0.388 e. The van der Waals surface area contributed by atoms with E-state index < -0.39 is 30.3 Å². The number of halogens is 2. The molecule has 1 aromatic heterocycles. The van der Waals surface area contributed by atoms with Gasteiger partial charge in [-0.3, -0.25) is 9.59 Å². The number of aromatic nitrogens is 3. The van der Waals surface area contributed by atoms with Gasteiger partial charge in [-0.1, -0.05) is 29.5 Å². The average molecular weight is 485 g/mol. The van der Waals surface area contributed by atoms with Crippen LogP contribution >= 0.6 is 0 Å². The van der Waals surface area contributed by atoms with E-state index in [0.717, 1.165) is 22.5 Å². The lowest BCUT2D eigenvalue weighted by atomic mass is 9.84. The van der Waals surface area contributed by atoms with Gasteiger partial charge in [0, 0.05) is 49.8 Å². The van der Waals surface area contributed by atoms with Crippen LogP contribution in [0.4, 0.5) is 14.5 Å². The van der Waals surface area contributed by atoms with E-state index in [1.54, 1.807) is 28.9 Å². The molecule has 0 aliphatic carbocycles. The lowest BCUT2D eigenvalue weighted by molar-refractivity contribution is -0.200. The number of rotatable bonds is 7. The predicted octanol–water partition coefficient (Wildman–Crippen LogP) is 2.12. The van der Waals surface area contributed by atoms with E-state index in [1.165, 1.54) is 4.90 Å². The van der Waals surface area contributed by atoms with Crippen molar-refractivity contribution in [3.63, 3.8) is 0 Å². The fourth-order valence-electron chi connectivity index (χ4n) is 4.09. The van der Waals surface area contributed by atoms with Crippen molar-refractivity contribution in [2.75, 3.05) is 25.5 Å². The van der Waals surface area contributed by atoms with Crippen LogP contribution < -0.4 is 11.1 Å². The Labute approximate surface area is 200 Å². The molecule has 0 radical (unpaired) electrons. The molecule has 0 atom stereocenters. The van der Waals surface area contributed by atoms with E-state index in [0.29, 0.717) is 12.1 Å². The standard InChI is InChI=1S/C24H26F2N6O3/c1-28-19-4-2-3-18(13-19)20-15-32(30-29-20)14-16-5-7-17(8-6-16)21(33)31-11-9-23(35,10-12-31)24(25,26)22(27)34/h2-8,13,15,28,35H,9-12,14H2,1H3,(H2,27,34). The van der Waals surface area contributed by atoms with Crippen LogP contribution in [0.5, 0.6) is 0 Å². The number of likely N-dealkylation sites (tertiary alicyclic amines) is 1. The molecule has 0 unspecified atom stereocenters. The SMILES string of the molecule is CNc1cccc(-c2cn(Cc3ccc(C(=O)N4CCC(O)(C(F)(F)C(N)=O)CC4)cc3)nn2)c1.